The van der Waals surface area contributed by atoms with Gasteiger partial charge in [-0.3, -0.25) is 9.10 Å². The first-order chi connectivity index (χ1) is 13.5. The van der Waals surface area contributed by atoms with Crippen LogP contribution in [-0.4, -0.2) is 14.7 Å². The van der Waals surface area contributed by atoms with E-state index in [9.17, 15) is 13.2 Å². The number of nitrogens with zero attached hydrogens (tertiary/aromatic N) is 1. The highest BCUT2D eigenvalue weighted by molar-refractivity contribution is 7.92. The predicted molar refractivity (Wildman–Crippen MR) is 110 cm³/mol. The zero-order valence-electron chi connectivity index (χ0n) is 15.0. The molecule has 0 aliphatic carbocycles. The van der Waals surface area contributed by atoms with Gasteiger partial charge in [0.15, 0.2) is 0 Å². The van der Waals surface area contributed by atoms with Crippen LogP contribution in [0.4, 0.5) is 5.69 Å². The van der Waals surface area contributed by atoms with E-state index >= 15 is 0 Å². The molecule has 1 unspecified atom stereocenters. The molecule has 3 aromatic rings. The lowest BCUT2D eigenvalue weighted by atomic mass is 9.93. The average molecular weight is 412 g/mol. The van der Waals surface area contributed by atoms with Crippen LogP contribution in [0.15, 0.2) is 77.7 Å². The van der Waals surface area contributed by atoms with E-state index in [-0.39, 0.29) is 10.9 Å². The van der Waals surface area contributed by atoms with Gasteiger partial charge in [0.05, 0.1) is 16.6 Å². The monoisotopic (exact) mass is 411 g/mol. The molecule has 0 radical (unpaired) electrons. The molecule has 1 aliphatic rings. The summed E-state index contributed by atoms with van der Waals surface area (Å²) in [5, 5.41) is 0.485. The van der Waals surface area contributed by atoms with Crippen LogP contribution in [0.1, 0.15) is 33.9 Å². The molecule has 0 fully saturated rings. The molecular weight excluding hydrogens is 394 g/mol. The summed E-state index contributed by atoms with van der Waals surface area (Å²) in [6.45, 7) is 0. The summed E-state index contributed by atoms with van der Waals surface area (Å²) in [4.78, 5) is 11.2. The Hall–Kier alpha value is -2.63. The van der Waals surface area contributed by atoms with Gasteiger partial charge in [-0.2, -0.15) is 0 Å². The Labute approximate surface area is 169 Å². The zero-order chi connectivity index (χ0) is 19.7. The topological polar surface area (TPSA) is 54.5 Å². The summed E-state index contributed by atoms with van der Waals surface area (Å²) in [6, 6.07) is 20.5. The number of aryl methyl sites for hydroxylation is 1. The van der Waals surface area contributed by atoms with Crippen molar-refractivity contribution >= 4 is 33.6 Å². The van der Waals surface area contributed by atoms with E-state index in [1.807, 2.05) is 36.4 Å². The first-order valence-electron chi connectivity index (χ1n) is 8.94. The van der Waals surface area contributed by atoms with E-state index in [0.717, 1.165) is 23.8 Å². The maximum Gasteiger partial charge on any atom is 0.264 e. The SMILES string of the molecule is O=Cc1ccc(C2CCc3ccccc3N2S(=O)(=O)c2ccc(Cl)cc2)cc1. The van der Waals surface area contributed by atoms with E-state index in [4.69, 9.17) is 11.6 Å². The van der Waals surface area contributed by atoms with Crippen LogP contribution in [0.2, 0.25) is 5.02 Å². The van der Waals surface area contributed by atoms with Gasteiger partial charge in [0.1, 0.15) is 6.29 Å². The number of sulfonamides is 1. The van der Waals surface area contributed by atoms with Gasteiger partial charge in [-0.15, -0.1) is 0 Å². The van der Waals surface area contributed by atoms with Gasteiger partial charge in [0.2, 0.25) is 0 Å². The number of carbonyl (C=O) groups excluding carboxylic acids is 1. The summed E-state index contributed by atoms with van der Waals surface area (Å²) < 4.78 is 28.7. The van der Waals surface area contributed by atoms with Crippen LogP contribution in [0, 0.1) is 0 Å². The van der Waals surface area contributed by atoms with Gasteiger partial charge >= 0.3 is 0 Å². The molecule has 4 nitrogen and oxygen atoms in total. The fourth-order valence-corrected chi connectivity index (χ4v) is 5.46. The van der Waals surface area contributed by atoms with Gasteiger partial charge in [-0.05, 0) is 54.3 Å². The quantitative estimate of drug-likeness (QED) is 0.565. The number of aldehydes is 1. The van der Waals surface area contributed by atoms with Crippen LogP contribution in [0.3, 0.4) is 0 Å². The number of para-hydroxylation sites is 1. The minimum atomic E-state index is -3.80. The third-order valence-electron chi connectivity index (χ3n) is 5.03. The standard InChI is InChI=1S/C22H18ClNO3S/c23-19-10-12-20(13-11-19)28(26,27)24-21-4-2-1-3-17(21)9-14-22(24)18-7-5-16(15-25)6-8-18/h1-8,10-13,15,22H,9,14H2. The lowest BCUT2D eigenvalue weighted by molar-refractivity contribution is 0.112. The minimum Gasteiger partial charge on any atom is -0.298 e. The first kappa shape index (κ1) is 18.7. The second-order valence-electron chi connectivity index (χ2n) is 6.72. The van der Waals surface area contributed by atoms with Crippen LogP contribution in [-0.2, 0) is 16.4 Å². The number of anilines is 1. The van der Waals surface area contributed by atoms with Crippen LogP contribution < -0.4 is 4.31 Å². The first-order valence-corrected chi connectivity index (χ1v) is 10.8. The molecule has 1 heterocycles. The smallest absolute Gasteiger partial charge is 0.264 e. The van der Waals surface area contributed by atoms with Crippen molar-refractivity contribution in [2.75, 3.05) is 4.31 Å². The summed E-state index contributed by atoms with van der Waals surface area (Å²) in [5.74, 6) is 0. The van der Waals surface area contributed by atoms with Crippen LogP contribution >= 0.6 is 11.6 Å². The highest BCUT2D eigenvalue weighted by atomic mass is 35.5. The van der Waals surface area contributed by atoms with Gasteiger partial charge in [-0.25, -0.2) is 8.42 Å². The molecule has 0 saturated heterocycles. The van der Waals surface area contributed by atoms with Crippen molar-refractivity contribution in [3.05, 3.63) is 94.5 Å². The fourth-order valence-electron chi connectivity index (χ4n) is 3.63. The number of hydrogen-bond donors (Lipinski definition) is 0. The molecule has 142 valence electrons. The predicted octanol–water partition coefficient (Wildman–Crippen LogP) is 5.04. The molecule has 28 heavy (non-hydrogen) atoms. The van der Waals surface area contributed by atoms with Crippen molar-refractivity contribution in [2.45, 2.75) is 23.8 Å². The zero-order valence-corrected chi connectivity index (χ0v) is 16.5. The molecule has 1 atom stereocenters. The number of fused-ring (bicyclic) bond motifs is 1. The molecule has 0 spiro atoms. The molecule has 1 aliphatic heterocycles. The van der Waals surface area contributed by atoms with Gasteiger partial charge < -0.3 is 0 Å². The second kappa shape index (κ2) is 7.41. The molecule has 4 rings (SSSR count). The van der Waals surface area contributed by atoms with Crippen molar-refractivity contribution in [3.63, 3.8) is 0 Å². The normalized spacial score (nSPS) is 16.5. The van der Waals surface area contributed by atoms with Gasteiger partial charge in [-0.1, -0.05) is 54.1 Å². The Kier molecular flexibility index (Phi) is 4.96. The molecule has 0 aromatic heterocycles. The van der Waals surface area contributed by atoms with Crippen molar-refractivity contribution in [1.29, 1.82) is 0 Å². The third-order valence-corrected chi connectivity index (χ3v) is 7.12. The highest BCUT2D eigenvalue weighted by Gasteiger charge is 2.36. The van der Waals surface area contributed by atoms with Gasteiger partial charge in [0, 0.05) is 10.6 Å². The van der Waals surface area contributed by atoms with Crippen molar-refractivity contribution in [2.24, 2.45) is 0 Å². The second-order valence-corrected chi connectivity index (χ2v) is 8.97. The Balaban J connectivity index is 1.86. The molecule has 0 amide bonds. The van der Waals surface area contributed by atoms with Crippen molar-refractivity contribution in [3.8, 4) is 0 Å². The Bertz CT molecular complexity index is 1110. The van der Waals surface area contributed by atoms with Gasteiger partial charge in [0.25, 0.3) is 10.0 Å². The molecule has 0 saturated carbocycles. The number of carbonyl (C=O) groups is 1. The van der Waals surface area contributed by atoms with E-state index in [2.05, 4.69) is 0 Å². The third kappa shape index (κ3) is 3.32. The lowest BCUT2D eigenvalue weighted by Gasteiger charge is -2.38. The van der Waals surface area contributed by atoms with E-state index in [1.165, 1.54) is 16.4 Å². The van der Waals surface area contributed by atoms with E-state index in [1.54, 1.807) is 24.3 Å². The number of halogens is 1. The fraction of sp³-hybridized carbons (Fsp3) is 0.136. The average Bonchev–Trinajstić information content (AvgIpc) is 2.73. The summed E-state index contributed by atoms with van der Waals surface area (Å²) in [7, 11) is -3.80. The molecule has 3 aromatic carbocycles. The van der Waals surface area contributed by atoms with E-state index < -0.39 is 10.0 Å². The minimum absolute atomic E-state index is 0.197. The van der Waals surface area contributed by atoms with Crippen molar-refractivity contribution < 1.29 is 13.2 Å². The number of hydrogen-bond acceptors (Lipinski definition) is 3. The van der Waals surface area contributed by atoms with Crippen LogP contribution in [0.5, 0.6) is 0 Å². The number of rotatable bonds is 4. The maximum absolute atomic E-state index is 13.6. The maximum atomic E-state index is 13.6. The highest BCUT2D eigenvalue weighted by Crippen LogP contribution is 2.42. The summed E-state index contributed by atoms with van der Waals surface area (Å²) in [6.07, 6.45) is 2.22. The molecular formula is C22H18ClNO3S. The van der Waals surface area contributed by atoms with Crippen LogP contribution in [0.25, 0.3) is 0 Å². The molecule has 0 bridgehead atoms. The number of benzene rings is 3. The van der Waals surface area contributed by atoms with Crippen molar-refractivity contribution in [1.82, 2.24) is 0 Å². The molecule has 6 heteroatoms. The summed E-state index contributed by atoms with van der Waals surface area (Å²) >= 11 is 5.94. The van der Waals surface area contributed by atoms with E-state index in [0.29, 0.717) is 22.7 Å². The Morgan fingerprint density at radius 3 is 2.29 bits per heavy atom. The lowest BCUT2D eigenvalue weighted by Crippen LogP contribution is -2.38. The Morgan fingerprint density at radius 2 is 1.61 bits per heavy atom. The molecule has 0 N–H and O–H groups in total. The largest absolute Gasteiger partial charge is 0.298 e. The summed E-state index contributed by atoms with van der Waals surface area (Å²) in [5.41, 5.74) is 3.11. The Morgan fingerprint density at radius 1 is 0.929 bits per heavy atom.